The van der Waals surface area contributed by atoms with Crippen LogP contribution >= 0.6 is 22.7 Å². The molecule has 0 N–H and O–H groups in total. The molecule has 3 nitrogen and oxygen atoms in total. The van der Waals surface area contributed by atoms with Gasteiger partial charge in [0.05, 0.1) is 17.1 Å². The Hall–Kier alpha value is -8.74. The fourth-order valence-electron chi connectivity index (χ4n) is 10.5. The van der Waals surface area contributed by atoms with Gasteiger partial charge in [-0.2, -0.15) is 0 Å². The molecule has 13 rings (SSSR count). The van der Waals surface area contributed by atoms with Gasteiger partial charge in [-0.25, -0.2) is 0 Å². The van der Waals surface area contributed by atoms with Crippen molar-refractivity contribution in [3.05, 3.63) is 272 Å². The van der Waals surface area contributed by atoms with Gasteiger partial charge in [0.25, 0.3) is 0 Å². The van der Waals surface area contributed by atoms with Gasteiger partial charge in [-0.1, -0.05) is 158 Å². The van der Waals surface area contributed by atoms with Crippen molar-refractivity contribution in [2.24, 2.45) is 0 Å². The maximum atomic E-state index is 2.43. The predicted molar refractivity (Wildman–Crippen MR) is 317 cm³/mol. The van der Waals surface area contributed by atoms with Crippen molar-refractivity contribution < 1.29 is 0 Å². The average Bonchev–Trinajstić information content (AvgIpc) is 4.02. The van der Waals surface area contributed by atoms with E-state index in [9.17, 15) is 0 Å². The van der Waals surface area contributed by atoms with Crippen LogP contribution in [0.4, 0.5) is 51.2 Å². The SMILES string of the molecule is Cc1cccc(N(c2ccccc2)c2cc(N(c3ccc(-c4cccc5c4sc4ccccc45)cc3)c3ccc(-c4cccc5c4sc4ccccc45)cc3)cc(N(c3ccccc3)c3cccc(C)c3)c2)c1. The van der Waals surface area contributed by atoms with Crippen LogP contribution in [0, 0.1) is 13.8 Å². The van der Waals surface area contributed by atoms with E-state index in [4.69, 9.17) is 0 Å². The van der Waals surface area contributed by atoms with Gasteiger partial charge < -0.3 is 14.7 Å². The van der Waals surface area contributed by atoms with E-state index in [2.05, 4.69) is 289 Å². The highest BCUT2D eigenvalue weighted by molar-refractivity contribution is 7.26. The minimum Gasteiger partial charge on any atom is -0.310 e. The number of hydrogen-bond donors (Lipinski definition) is 0. The van der Waals surface area contributed by atoms with E-state index in [-0.39, 0.29) is 0 Å². The lowest BCUT2D eigenvalue weighted by atomic mass is 10.0. The van der Waals surface area contributed by atoms with Gasteiger partial charge >= 0.3 is 0 Å². The van der Waals surface area contributed by atoms with Crippen LogP contribution < -0.4 is 14.7 Å². The molecule has 73 heavy (non-hydrogen) atoms. The second kappa shape index (κ2) is 18.8. The normalized spacial score (nSPS) is 11.4. The monoisotopic (exact) mass is 971 g/mol. The second-order valence-electron chi connectivity index (χ2n) is 18.7. The van der Waals surface area contributed by atoms with Crippen LogP contribution in [0.25, 0.3) is 62.6 Å². The number of rotatable bonds is 11. The van der Waals surface area contributed by atoms with E-state index in [0.717, 1.165) is 51.2 Å². The first kappa shape index (κ1) is 44.2. The number of nitrogens with zero attached hydrogens (tertiary/aromatic N) is 3. The summed E-state index contributed by atoms with van der Waals surface area (Å²) in [4.78, 5) is 7.21. The Morgan fingerprint density at radius 2 is 0.575 bits per heavy atom. The van der Waals surface area contributed by atoms with Gasteiger partial charge in [-0.15, -0.1) is 22.7 Å². The van der Waals surface area contributed by atoms with E-state index in [0.29, 0.717) is 0 Å². The Labute approximate surface area is 434 Å². The highest BCUT2D eigenvalue weighted by atomic mass is 32.1. The van der Waals surface area contributed by atoms with E-state index < -0.39 is 0 Å². The fraction of sp³-hybridized carbons (Fsp3) is 0.0294. The maximum absolute atomic E-state index is 2.43. The molecule has 0 saturated heterocycles. The Morgan fingerprint density at radius 3 is 0.986 bits per heavy atom. The molecule has 0 saturated carbocycles. The van der Waals surface area contributed by atoms with Crippen LogP contribution in [0.15, 0.2) is 261 Å². The molecule has 13 aromatic rings. The van der Waals surface area contributed by atoms with Crippen LogP contribution in [-0.4, -0.2) is 0 Å². The van der Waals surface area contributed by atoms with Crippen LogP contribution in [0.1, 0.15) is 11.1 Å². The van der Waals surface area contributed by atoms with Gasteiger partial charge in [0.1, 0.15) is 0 Å². The zero-order valence-electron chi connectivity index (χ0n) is 40.5. The van der Waals surface area contributed by atoms with E-state index in [1.165, 1.54) is 73.7 Å². The van der Waals surface area contributed by atoms with Gasteiger partial charge in [0, 0.05) is 74.5 Å². The molecule has 0 unspecified atom stereocenters. The van der Waals surface area contributed by atoms with Crippen molar-refractivity contribution in [2.75, 3.05) is 14.7 Å². The summed E-state index contributed by atoms with van der Waals surface area (Å²) in [6.45, 7) is 4.34. The van der Waals surface area contributed by atoms with Crippen molar-refractivity contribution in [3.8, 4) is 22.3 Å². The number of anilines is 9. The summed E-state index contributed by atoms with van der Waals surface area (Å²) in [5, 5.41) is 5.21. The summed E-state index contributed by atoms with van der Waals surface area (Å²) in [7, 11) is 0. The molecule has 0 aliphatic carbocycles. The van der Waals surface area contributed by atoms with E-state index >= 15 is 0 Å². The molecular weight excluding hydrogens is 923 g/mol. The second-order valence-corrected chi connectivity index (χ2v) is 20.8. The van der Waals surface area contributed by atoms with Crippen LogP contribution in [0.5, 0.6) is 0 Å². The van der Waals surface area contributed by atoms with Crippen molar-refractivity contribution >= 4 is 114 Å². The standard InChI is InChI=1S/C68H49N3S2/c1-46-17-13-23-54(41-46)70(50-19-5-3-6-20-50)57-43-56(44-58(45-57)71(51-21-7-4-8-22-51)55-24-14-18-47(2)42-55)69(52-37-33-48(34-38-52)59-27-15-29-63-61-25-9-11-31-65(61)72-67(59)63)53-39-35-49(36-40-53)60-28-16-30-64-62-26-10-12-32-66(62)73-68(60)64/h3-45H,1-2H3. The van der Waals surface area contributed by atoms with Crippen molar-refractivity contribution in [1.82, 2.24) is 0 Å². The first-order valence-electron chi connectivity index (χ1n) is 24.8. The lowest BCUT2D eigenvalue weighted by molar-refractivity contribution is 1.22. The summed E-state index contributed by atoms with van der Waals surface area (Å²) in [5.74, 6) is 0. The summed E-state index contributed by atoms with van der Waals surface area (Å²) < 4.78 is 5.23. The predicted octanol–water partition coefficient (Wildman–Crippen LogP) is 20.8. The summed E-state index contributed by atoms with van der Waals surface area (Å²) in [6.07, 6.45) is 0. The summed E-state index contributed by atoms with van der Waals surface area (Å²) in [5.41, 5.74) is 16.8. The van der Waals surface area contributed by atoms with E-state index in [1.54, 1.807) is 0 Å². The van der Waals surface area contributed by atoms with E-state index in [1.807, 2.05) is 22.7 Å². The lowest BCUT2D eigenvalue weighted by Crippen LogP contribution is -2.16. The topological polar surface area (TPSA) is 9.72 Å². The molecule has 0 aliphatic heterocycles. The highest BCUT2D eigenvalue weighted by Gasteiger charge is 2.23. The summed E-state index contributed by atoms with van der Waals surface area (Å²) >= 11 is 3.74. The molecule has 0 radical (unpaired) electrons. The van der Waals surface area contributed by atoms with Crippen molar-refractivity contribution in [1.29, 1.82) is 0 Å². The smallest absolute Gasteiger partial charge is 0.0503 e. The molecule has 2 aromatic heterocycles. The van der Waals surface area contributed by atoms with Gasteiger partial charge in [0.15, 0.2) is 0 Å². The maximum Gasteiger partial charge on any atom is 0.0503 e. The molecule has 2 heterocycles. The Kier molecular flexibility index (Phi) is 11.4. The minimum absolute atomic E-state index is 1.02. The van der Waals surface area contributed by atoms with Gasteiger partial charge in [-0.3, -0.25) is 0 Å². The van der Waals surface area contributed by atoms with Crippen molar-refractivity contribution in [3.63, 3.8) is 0 Å². The van der Waals surface area contributed by atoms with Crippen LogP contribution in [-0.2, 0) is 0 Å². The number of para-hydroxylation sites is 2. The number of thiophene rings is 2. The average molecular weight is 972 g/mol. The largest absolute Gasteiger partial charge is 0.310 e. The van der Waals surface area contributed by atoms with Crippen molar-refractivity contribution in [2.45, 2.75) is 13.8 Å². The molecule has 0 amide bonds. The Balaban J connectivity index is 1.03. The quantitative estimate of drug-likeness (QED) is 0.128. The van der Waals surface area contributed by atoms with Crippen LogP contribution in [0.2, 0.25) is 0 Å². The summed E-state index contributed by atoms with van der Waals surface area (Å²) in [6, 6.07) is 95.5. The third-order valence-electron chi connectivity index (χ3n) is 13.9. The molecular formula is C68H49N3S2. The Morgan fingerprint density at radius 1 is 0.247 bits per heavy atom. The fourth-order valence-corrected chi connectivity index (χ4v) is 13.0. The molecule has 348 valence electrons. The third-order valence-corrected chi connectivity index (χ3v) is 16.3. The highest BCUT2D eigenvalue weighted by Crippen LogP contribution is 2.48. The third kappa shape index (κ3) is 8.29. The van der Waals surface area contributed by atoms with Crippen LogP contribution in [0.3, 0.4) is 0 Å². The lowest BCUT2D eigenvalue weighted by Gasteiger charge is -2.33. The number of hydrogen-bond acceptors (Lipinski definition) is 5. The van der Waals surface area contributed by atoms with Gasteiger partial charge in [0.2, 0.25) is 0 Å². The van der Waals surface area contributed by atoms with Gasteiger partial charge in [-0.05, 0) is 150 Å². The first-order chi connectivity index (χ1) is 36.0. The number of aryl methyl sites for hydroxylation is 2. The molecule has 5 heteroatoms. The molecule has 0 spiro atoms. The molecule has 0 fully saturated rings. The zero-order valence-corrected chi connectivity index (χ0v) is 42.1. The first-order valence-corrected chi connectivity index (χ1v) is 26.4. The number of fused-ring (bicyclic) bond motifs is 6. The molecule has 0 bridgehead atoms. The molecule has 11 aromatic carbocycles. The molecule has 0 atom stereocenters. The Bertz CT molecular complexity index is 3860. The molecule has 0 aliphatic rings. The zero-order chi connectivity index (χ0) is 48.8. The number of benzene rings is 11. The minimum atomic E-state index is 1.02.